The molecule has 1 aliphatic rings. The van der Waals surface area contributed by atoms with Gasteiger partial charge in [-0.1, -0.05) is 29.8 Å². The van der Waals surface area contributed by atoms with Crippen molar-refractivity contribution >= 4 is 11.6 Å². The molecule has 0 radical (unpaired) electrons. The fraction of sp³-hybridized carbons (Fsp3) is 0.273. The van der Waals surface area contributed by atoms with Crippen molar-refractivity contribution < 1.29 is 9.53 Å². The Morgan fingerprint density at radius 1 is 1.18 bits per heavy atom. The van der Waals surface area contributed by atoms with E-state index in [9.17, 15) is 4.79 Å². The summed E-state index contributed by atoms with van der Waals surface area (Å²) in [6.45, 7) is 3.96. The molecule has 1 atom stereocenters. The van der Waals surface area contributed by atoms with Crippen molar-refractivity contribution in [1.82, 2.24) is 15.1 Å². The first-order valence-electron chi connectivity index (χ1n) is 9.60. The van der Waals surface area contributed by atoms with Gasteiger partial charge >= 0.3 is 0 Å². The summed E-state index contributed by atoms with van der Waals surface area (Å²) < 4.78 is 7.84. The van der Waals surface area contributed by atoms with Crippen LogP contribution >= 0.6 is 0 Å². The van der Waals surface area contributed by atoms with Gasteiger partial charge in [0.25, 0.3) is 5.91 Å². The van der Waals surface area contributed by atoms with Crippen LogP contribution in [0, 0.1) is 6.92 Å². The first-order valence-corrected chi connectivity index (χ1v) is 9.60. The molecule has 2 heterocycles. The minimum absolute atomic E-state index is 0.248. The molecule has 0 spiro atoms. The molecule has 0 aliphatic carbocycles. The van der Waals surface area contributed by atoms with Crippen LogP contribution in [0.5, 0.6) is 11.5 Å². The van der Waals surface area contributed by atoms with Crippen LogP contribution in [-0.4, -0.2) is 28.8 Å². The Hall–Kier alpha value is -3.12. The van der Waals surface area contributed by atoms with Gasteiger partial charge in [-0.25, -0.2) is 0 Å². The van der Waals surface area contributed by atoms with Gasteiger partial charge in [0.05, 0.1) is 11.7 Å². The number of nitrogens with one attached hydrogen (secondary N) is 2. The third-order valence-corrected chi connectivity index (χ3v) is 4.87. The van der Waals surface area contributed by atoms with Crippen molar-refractivity contribution in [3.63, 3.8) is 0 Å². The van der Waals surface area contributed by atoms with Crippen LogP contribution in [0.25, 0.3) is 0 Å². The summed E-state index contributed by atoms with van der Waals surface area (Å²) in [6, 6.07) is 17.3. The van der Waals surface area contributed by atoms with Crippen LogP contribution < -0.4 is 15.4 Å². The molecule has 1 amide bonds. The van der Waals surface area contributed by atoms with Crippen molar-refractivity contribution in [2.24, 2.45) is 0 Å². The lowest BCUT2D eigenvalue weighted by Crippen LogP contribution is -2.32. The largest absolute Gasteiger partial charge is 0.455 e. The zero-order valence-corrected chi connectivity index (χ0v) is 15.9. The normalized spacial score (nSPS) is 16.5. The number of piperidine rings is 1. The van der Waals surface area contributed by atoms with E-state index in [0.29, 0.717) is 23.2 Å². The second kappa shape index (κ2) is 8.27. The van der Waals surface area contributed by atoms with Gasteiger partial charge < -0.3 is 15.4 Å². The number of aryl methyl sites for hydroxylation is 1. The molecule has 0 saturated carbocycles. The third kappa shape index (κ3) is 4.23. The topological polar surface area (TPSA) is 68.2 Å². The van der Waals surface area contributed by atoms with Gasteiger partial charge in [0.2, 0.25) is 0 Å². The Morgan fingerprint density at radius 3 is 2.79 bits per heavy atom. The van der Waals surface area contributed by atoms with E-state index in [0.717, 1.165) is 37.2 Å². The van der Waals surface area contributed by atoms with Crippen LogP contribution in [0.4, 0.5) is 5.69 Å². The Labute approximate surface area is 164 Å². The molecule has 2 N–H and O–H groups in total. The number of carbonyl (C=O) groups is 1. The molecule has 28 heavy (non-hydrogen) atoms. The highest BCUT2D eigenvalue weighted by Crippen LogP contribution is 2.29. The van der Waals surface area contributed by atoms with E-state index >= 15 is 0 Å². The molecular weight excluding hydrogens is 352 g/mol. The van der Waals surface area contributed by atoms with Crippen LogP contribution in [0.15, 0.2) is 60.8 Å². The highest BCUT2D eigenvalue weighted by molar-refractivity contribution is 6.03. The fourth-order valence-electron chi connectivity index (χ4n) is 3.30. The maximum absolute atomic E-state index is 12.7. The van der Waals surface area contributed by atoms with Gasteiger partial charge in [0.1, 0.15) is 5.75 Å². The highest BCUT2D eigenvalue weighted by atomic mass is 16.5. The monoisotopic (exact) mass is 376 g/mol. The number of hydrogen-bond acceptors (Lipinski definition) is 4. The van der Waals surface area contributed by atoms with E-state index in [-0.39, 0.29) is 5.91 Å². The minimum Gasteiger partial charge on any atom is -0.455 e. The van der Waals surface area contributed by atoms with E-state index in [2.05, 4.69) is 15.7 Å². The van der Waals surface area contributed by atoms with Gasteiger partial charge in [0.15, 0.2) is 11.4 Å². The summed E-state index contributed by atoms with van der Waals surface area (Å²) in [5.74, 6) is 1.07. The third-order valence-electron chi connectivity index (χ3n) is 4.87. The first kappa shape index (κ1) is 18.3. The second-order valence-electron chi connectivity index (χ2n) is 7.05. The number of amides is 1. The lowest BCUT2D eigenvalue weighted by atomic mass is 10.1. The molecule has 6 heteroatoms. The van der Waals surface area contributed by atoms with E-state index < -0.39 is 0 Å². The highest BCUT2D eigenvalue weighted by Gasteiger charge is 2.18. The predicted octanol–water partition coefficient (Wildman–Crippen LogP) is 4.16. The van der Waals surface area contributed by atoms with Gasteiger partial charge in [-0.05, 0) is 56.6 Å². The Morgan fingerprint density at radius 2 is 2.00 bits per heavy atom. The second-order valence-corrected chi connectivity index (χ2v) is 7.05. The molecule has 0 bridgehead atoms. The smallest absolute Gasteiger partial charge is 0.276 e. The van der Waals surface area contributed by atoms with Gasteiger partial charge in [0, 0.05) is 12.7 Å². The first-order chi connectivity index (χ1) is 13.7. The van der Waals surface area contributed by atoms with Crippen LogP contribution in [0.1, 0.15) is 34.9 Å². The van der Waals surface area contributed by atoms with E-state index in [1.807, 2.05) is 66.3 Å². The molecular formula is C22H24N4O2. The molecule has 3 aromatic rings. The zero-order chi connectivity index (χ0) is 19.3. The SMILES string of the molecule is Cc1ccc(Oc2ccccc2NC(=O)c2ccn(C3CCCNC3)n2)cc1. The number of anilines is 1. The van der Waals surface area contributed by atoms with E-state index in [4.69, 9.17) is 4.74 Å². The molecule has 1 unspecified atom stereocenters. The van der Waals surface area contributed by atoms with Gasteiger partial charge in [-0.15, -0.1) is 0 Å². The van der Waals surface area contributed by atoms with Crippen molar-refractivity contribution in [3.05, 3.63) is 72.1 Å². The summed E-state index contributed by atoms with van der Waals surface area (Å²) >= 11 is 0. The average molecular weight is 376 g/mol. The molecule has 1 fully saturated rings. The molecule has 1 saturated heterocycles. The number of benzene rings is 2. The molecule has 6 nitrogen and oxygen atoms in total. The van der Waals surface area contributed by atoms with E-state index in [1.54, 1.807) is 6.07 Å². The molecule has 144 valence electrons. The van der Waals surface area contributed by atoms with Crippen molar-refractivity contribution in [3.8, 4) is 11.5 Å². The van der Waals surface area contributed by atoms with Crippen molar-refractivity contribution in [2.75, 3.05) is 18.4 Å². The van der Waals surface area contributed by atoms with Crippen LogP contribution in [0.3, 0.4) is 0 Å². The average Bonchev–Trinajstić information content (AvgIpc) is 3.22. The van der Waals surface area contributed by atoms with Crippen molar-refractivity contribution in [2.45, 2.75) is 25.8 Å². The number of rotatable bonds is 5. The summed E-state index contributed by atoms with van der Waals surface area (Å²) in [5.41, 5.74) is 2.18. The van der Waals surface area contributed by atoms with Crippen molar-refractivity contribution in [1.29, 1.82) is 0 Å². The van der Waals surface area contributed by atoms with Gasteiger partial charge in [-0.3, -0.25) is 9.48 Å². The van der Waals surface area contributed by atoms with E-state index in [1.165, 1.54) is 0 Å². The number of nitrogens with zero attached hydrogens (tertiary/aromatic N) is 2. The maximum atomic E-state index is 12.7. The number of hydrogen-bond donors (Lipinski definition) is 2. The summed E-state index contributed by atoms with van der Waals surface area (Å²) in [4.78, 5) is 12.7. The standard InChI is InChI=1S/C22H24N4O2/c1-16-8-10-18(11-9-16)28-21-7-3-2-6-19(21)24-22(27)20-12-14-26(25-20)17-5-4-13-23-15-17/h2-3,6-12,14,17,23H,4-5,13,15H2,1H3,(H,24,27). The van der Waals surface area contributed by atoms with Crippen LogP contribution in [0.2, 0.25) is 0 Å². The maximum Gasteiger partial charge on any atom is 0.276 e. The Balaban J connectivity index is 1.47. The molecule has 1 aliphatic heterocycles. The summed E-state index contributed by atoms with van der Waals surface area (Å²) in [5, 5.41) is 10.8. The molecule has 2 aromatic carbocycles. The predicted molar refractivity (Wildman–Crippen MR) is 109 cm³/mol. The lowest BCUT2D eigenvalue weighted by molar-refractivity contribution is 0.102. The quantitative estimate of drug-likeness (QED) is 0.702. The lowest BCUT2D eigenvalue weighted by Gasteiger charge is -2.22. The molecule has 4 rings (SSSR count). The summed E-state index contributed by atoms with van der Waals surface area (Å²) in [7, 11) is 0. The molecule has 1 aromatic heterocycles. The minimum atomic E-state index is -0.248. The van der Waals surface area contributed by atoms with Crippen LogP contribution in [-0.2, 0) is 0 Å². The number of aromatic nitrogens is 2. The Bertz CT molecular complexity index is 943. The summed E-state index contributed by atoms with van der Waals surface area (Å²) in [6.07, 6.45) is 4.07. The number of ether oxygens (including phenoxy) is 1. The fourth-order valence-corrected chi connectivity index (χ4v) is 3.30. The Kier molecular flexibility index (Phi) is 5.39. The number of carbonyl (C=O) groups excluding carboxylic acids is 1. The zero-order valence-electron chi connectivity index (χ0n) is 15.9. The van der Waals surface area contributed by atoms with Gasteiger partial charge in [-0.2, -0.15) is 5.10 Å². The number of para-hydroxylation sites is 2.